The highest BCUT2D eigenvalue weighted by atomic mass is 35.5. The average Bonchev–Trinajstić information content (AvgIpc) is 3.44. The third-order valence-electron chi connectivity index (χ3n) is 4.49. The van der Waals surface area contributed by atoms with Crippen molar-refractivity contribution in [2.45, 2.75) is 79.5 Å². The molecule has 196 valence electrons. The topological polar surface area (TPSA) is 168 Å². The Bertz CT molecular complexity index is 964. The van der Waals surface area contributed by atoms with Crippen LogP contribution in [0, 0.1) is 13.8 Å². The smallest absolute Gasteiger partial charge is 0.219 e. The van der Waals surface area contributed by atoms with Crippen LogP contribution in [0.4, 0.5) is 0 Å². The van der Waals surface area contributed by atoms with Crippen molar-refractivity contribution < 1.29 is 74.9 Å². The molecule has 8 N–H and O–H groups in total. The van der Waals surface area contributed by atoms with Gasteiger partial charge in [0, 0.05) is 20.0 Å². The Morgan fingerprint density at radius 2 is 1.47 bits per heavy atom. The first-order valence-electron chi connectivity index (χ1n) is 11.8. The van der Waals surface area contributed by atoms with Gasteiger partial charge in [0.1, 0.15) is 0 Å². The number of aromatic nitrogens is 2. The molecule has 2 aromatic heterocycles. The number of pyridine rings is 2. The second kappa shape index (κ2) is 15.3. The Morgan fingerprint density at radius 3 is 1.94 bits per heavy atom. The van der Waals surface area contributed by atoms with E-state index in [9.17, 15) is 10.2 Å². The number of fused-ring (bicyclic) bond motifs is 2. The molecule has 12 heteroatoms. The van der Waals surface area contributed by atoms with Crippen LogP contribution in [0.2, 0.25) is 0 Å². The summed E-state index contributed by atoms with van der Waals surface area (Å²) in [7, 11) is 0. The van der Waals surface area contributed by atoms with Gasteiger partial charge in [-0.1, -0.05) is 0 Å². The summed E-state index contributed by atoms with van der Waals surface area (Å²) in [5.74, 6) is 0.364. The van der Waals surface area contributed by atoms with Crippen molar-refractivity contribution in [3.63, 3.8) is 0 Å². The summed E-state index contributed by atoms with van der Waals surface area (Å²) in [6, 6.07) is 0. The molecule has 0 amide bonds. The van der Waals surface area contributed by atoms with Crippen LogP contribution in [0.1, 0.15) is 73.9 Å². The molecule has 0 saturated carbocycles. The van der Waals surface area contributed by atoms with E-state index < -0.39 is 12.6 Å². The Balaban J connectivity index is 0. The number of hydrogen-bond acceptors (Lipinski definition) is 7. The van der Waals surface area contributed by atoms with Gasteiger partial charge in [-0.15, -0.1) is 0 Å². The van der Waals surface area contributed by atoms with Crippen LogP contribution in [-0.4, -0.2) is 43.8 Å². The van der Waals surface area contributed by atoms with Crippen LogP contribution >= 0.6 is 0 Å². The lowest BCUT2D eigenvalue weighted by molar-refractivity contribution is -0.389. The van der Waals surface area contributed by atoms with Crippen molar-refractivity contribution in [3.05, 3.63) is 46.0 Å². The molecule has 34 heavy (non-hydrogen) atoms. The van der Waals surface area contributed by atoms with E-state index in [1.807, 2.05) is 40.8 Å². The summed E-state index contributed by atoms with van der Waals surface area (Å²) in [5.41, 5.74) is 7.25. The van der Waals surface area contributed by atoms with E-state index in [1.165, 1.54) is 0 Å². The largest absolute Gasteiger partial charge is 1.00 e. The molecule has 2 aliphatic rings. The molecule has 0 saturated heterocycles. The first kappa shape index (κ1) is 26.8. The zero-order valence-corrected chi connectivity index (χ0v) is 21.5. The number of rotatable bonds is 4. The molecule has 2 aromatic rings. The minimum absolute atomic E-state index is 0. The standard InChI is InChI=1S/C11H15NO3.C8H9NO3.C3H8O.2ClH.H2O/c1-6(2)15-11-9-8(5-14-11)4-12-7(3)10(9)13;1-4-7(10)6-5(2-9-4)3-12-8(6)11;1-3(2)4;;;/h4,6,11,13H,5H2,1-3H3;2,8,10-11H,3H2,1H3;3-4H,1-2H3;2*1H;1H2/i;11D;4D;;;/hD2. The minimum atomic E-state index is -0.761. The van der Waals surface area contributed by atoms with Gasteiger partial charge in [-0.3, -0.25) is 0 Å². The summed E-state index contributed by atoms with van der Waals surface area (Å²) in [6.45, 7) is 11.9. The summed E-state index contributed by atoms with van der Waals surface area (Å²) in [6.07, 6.45) is 2.54. The van der Waals surface area contributed by atoms with Crippen LogP contribution in [0.5, 0.6) is 11.5 Å². The Morgan fingerprint density at radius 1 is 1.00 bits per heavy atom. The molecule has 0 spiro atoms. The molecule has 4 heterocycles. The lowest BCUT2D eigenvalue weighted by atomic mass is 10.1. The molecule has 0 aromatic carbocycles. The van der Waals surface area contributed by atoms with E-state index in [0.29, 0.717) is 24.5 Å². The van der Waals surface area contributed by atoms with Gasteiger partial charge in [0.2, 0.25) is 17.1 Å². The van der Waals surface area contributed by atoms with Crippen LogP contribution in [0.15, 0.2) is 12.4 Å². The van der Waals surface area contributed by atoms with Gasteiger partial charge in [0.05, 0.1) is 41.6 Å². The minimum Gasteiger partial charge on any atom is -1.00 e. The van der Waals surface area contributed by atoms with E-state index in [0.717, 1.165) is 22.4 Å². The Hall–Kier alpha value is -1.76. The monoisotopic (exact) mass is 530 g/mol. The number of ether oxygens (including phenoxy) is 3. The van der Waals surface area contributed by atoms with Gasteiger partial charge >= 0.3 is 0 Å². The first-order chi connectivity index (χ1) is 17.0. The third kappa shape index (κ3) is 8.79. The second-order valence-electron chi connectivity index (χ2n) is 7.92. The van der Waals surface area contributed by atoms with Crippen LogP contribution in [0.3, 0.4) is 0 Å². The van der Waals surface area contributed by atoms with E-state index >= 15 is 0 Å². The van der Waals surface area contributed by atoms with Crippen molar-refractivity contribution in [3.8, 4) is 11.5 Å². The Kier molecular flexibility index (Phi) is 12.1. The lowest BCUT2D eigenvalue weighted by Crippen LogP contribution is -3.00. The lowest BCUT2D eigenvalue weighted by Gasteiger charge is -2.15. The van der Waals surface area contributed by atoms with Crippen molar-refractivity contribution >= 4 is 0 Å². The Labute approximate surface area is 218 Å². The number of halogens is 2. The maximum atomic E-state index is 9.91. The number of H-pyrrole nitrogens is 2. The summed E-state index contributed by atoms with van der Waals surface area (Å²) < 4.78 is 39.8. The van der Waals surface area contributed by atoms with Crippen LogP contribution in [0.25, 0.3) is 0 Å². The average molecular weight is 531 g/mol. The SMILES string of the molecule is Cc1[nH+]cc2c(c1O)C(OC(C)C)OC2.[2H]OC(C)C.[2H]OC1OCc2c[nH+]c(C)c(O)c21.[2H]O[2H].[Cl-].[Cl-]. The predicted octanol–water partition coefficient (Wildman–Crippen LogP) is -4.93. The quantitative estimate of drug-likeness (QED) is 0.307. The van der Waals surface area contributed by atoms with Crippen LogP contribution in [-0.2, 0) is 27.4 Å². The number of aliphatic hydroxyl groups is 2. The summed E-state index contributed by atoms with van der Waals surface area (Å²) in [4.78, 5) is 5.89. The van der Waals surface area contributed by atoms with E-state index in [-0.39, 0.29) is 48.5 Å². The van der Waals surface area contributed by atoms with Gasteiger partial charge in [0.15, 0.2) is 36.5 Å². The molecule has 4 rings (SSSR count). The molecule has 0 aliphatic carbocycles. The zero-order chi connectivity index (χ0) is 27.4. The number of hydrogen-bond donors (Lipinski definition) is 4. The van der Waals surface area contributed by atoms with Crippen LogP contribution < -0.4 is 34.8 Å². The maximum absolute atomic E-state index is 9.91. The van der Waals surface area contributed by atoms with Crippen molar-refractivity contribution in [1.82, 2.24) is 0 Å². The molecule has 10 nitrogen and oxygen atoms in total. The van der Waals surface area contributed by atoms with E-state index in [2.05, 4.69) is 25.7 Å². The maximum Gasteiger partial charge on any atom is 0.219 e. The van der Waals surface area contributed by atoms with Gasteiger partial charge in [-0.05, 0) is 27.7 Å². The van der Waals surface area contributed by atoms with Gasteiger partial charge in [-0.2, -0.15) is 0 Å². The highest BCUT2D eigenvalue weighted by molar-refractivity contribution is 5.41. The molecule has 0 fully saturated rings. The van der Waals surface area contributed by atoms with Crippen molar-refractivity contribution in [1.29, 1.82) is 5.72 Å². The number of aromatic hydroxyl groups is 2. The molecule has 0 radical (unpaired) electrons. The fourth-order valence-corrected chi connectivity index (χ4v) is 3.01. The van der Waals surface area contributed by atoms with Crippen molar-refractivity contribution in [2.24, 2.45) is 0 Å². The fraction of sp³-hybridized carbons (Fsp3) is 0.545. The number of aliphatic hydroxyl groups excluding tert-OH is 2. The summed E-state index contributed by atoms with van der Waals surface area (Å²) >= 11 is 0. The molecular weight excluding hydrogens is 491 g/mol. The van der Waals surface area contributed by atoms with Gasteiger partial charge < -0.3 is 64.9 Å². The molecule has 2 aliphatic heterocycles. The van der Waals surface area contributed by atoms with Gasteiger partial charge in [-0.25, -0.2) is 9.97 Å². The molecule has 2 atom stereocenters. The number of aromatic amines is 2. The first-order valence-corrected chi connectivity index (χ1v) is 10.2. The van der Waals surface area contributed by atoms with Crippen molar-refractivity contribution in [2.75, 3.05) is 0 Å². The second-order valence-corrected chi connectivity index (χ2v) is 7.92. The highest BCUT2D eigenvalue weighted by Crippen LogP contribution is 2.38. The van der Waals surface area contributed by atoms with Gasteiger partial charge in [0.25, 0.3) is 0 Å². The highest BCUT2D eigenvalue weighted by Gasteiger charge is 2.32. The zero-order valence-electron chi connectivity index (χ0n) is 24.0. The molecule has 0 bridgehead atoms. The van der Waals surface area contributed by atoms with E-state index in [1.54, 1.807) is 13.1 Å². The van der Waals surface area contributed by atoms with E-state index in [4.69, 9.17) is 19.9 Å². The molecule has 2 unspecified atom stereocenters. The number of nitrogens with one attached hydrogen (secondary N) is 2. The number of aryl methyl sites for hydroxylation is 2. The summed E-state index contributed by atoms with van der Waals surface area (Å²) in [5, 5.41) is 27.9. The third-order valence-corrected chi connectivity index (χ3v) is 4.49. The normalized spacial score (nSPS) is 18.5. The molecular formula is C22H36Cl2N2O8. The fourth-order valence-electron chi connectivity index (χ4n) is 3.01. The predicted molar refractivity (Wildman–Crippen MR) is 113 cm³/mol.